The molecular formula is C19H14O2. The third-order valence-corrected chi connectivity index (χ3v) is 4.23. The lowest BCUT2D eigenvalue weighted by Gasteiger charge is -2.07. The number of aliphatic hydroxyl groups excluding tert-OH is 1. The Kier molecular flexibility index (Phi) is 2.43. The van der Waals surface area contributed by atoms with Crippen molar-refractivity contribution < 1.29 is 5.11 Å². The zero-order valence-electron chi connectivity index (χ0n) is 11.7. The summed E-state index contributed by atoms with van der Waals surface area (Å²) in [4.78, 5) is 12.3. The minimum Gasteiger partial charge on any atom is -0.512 e. The van der Waals surface area contributed by atoms with Crippen molar-refractivity contribution >= 4 is 38.1 Å². The largest absolute Gasteiger partial charge is 0.512 e. The Morgan fingerprint density at radius 1 is 0.952 bits per heavy atom. The van der Waals surface area contributed by atoms with Crippen LogP contribution in [0.4, 0.5) is 0 Å². The highest BCUT2D eigenvalue weighted by Gasteiger charge is 2.12. The number of aliphatic hydroxyl groups is 1. The first-order valence-electron chi connectivity index (χ1n) is 7.13. The topological polar surface area (TPSA) is 37.3 Å². The van der Waals surface area contributed by atoms with Crippen LogP contribution in [0.5, 0.6) is 0 Å². The molecule has 4 aromatic rings. The van der Waals surface area contributed by atoms with Gasteiger partial charge in [-0.3, -0.25) is 4.79 Å². The minimum atomic E-state index is -0.0968. The van der Waals surface area contributed by atoms with E-state index in [9.17, 15) is 9.90 Å². The van der Waals surface area contributed by atoms with Gasteiger partial charge in [0.1, 0.15) is 5.76 Å². The van der Waals surface area contributed by atoms with Gasteiger partial charge in [0.05, 0.1) is 5.22 Å². The molecular weight excluding hydrogens is 260 g/mol. The summed E-state index contributed by atoms with van der Waals surface area (Å²) in [5.41, 5.74) is -0.0968. The zero-order valence-corrected chi connectivity index (χ0v) is 11.7. The predicted octanol–water partition coefficient (Wildman–Crippen LogP) is 3.74. The molecule has 0 amide bonds. The lowest BCUT2D eigenvalue weighted by molar-refractivity contribution is 0.484. The molecule has 4 rings (SSSR count). The van der Waals surface area contributed by atoms with Gasteiger partial charge in [-0.15, -0.1) is 0 Å². The van der Waals surface area contributed by atoms with Crippen molar-refractivity contribution in [1.29, 1.82) is 0 Å². The molecule has 0 unspecified atom stereocenters. The SMILES string of the molecule is CC/C(O)=c1/c(=O)cc2c1cc1cccc3cccc2c31. The molecule has 0 aliphatic heterocycles. The molecule has 4 aromatic carbocycles. The van der Waals surface area contributed by atoms with Crippen molar-refractivity contribution in [2.45, 2.75) is 13.3 Å². The van der Waals surface area contributed by atoms with Gasteiger partial charge in [0, 0.05) is 6.42 Å². The second-order valence-corrected chi connectivity index (χ2v) is 5.41. The highest BCUT2D eigenvalue weighted by molar-refractivity contribution is 6.21. The molecule has 0 aliphatic rings. The Hall–Kier alpha value is -2.61. The van der Waals surface area contributed by atoms with E-state index in [1.807, 2.05) is 31.2 Å². The molecule has 0 atom stereocenters. The van der Waals surface area contributed by atoms with Gasteiger partial charge in [0.25, 0.3) is 0 Å². The molecule has 0 bridgehead atoms. The van der Waals surface area contributed by atoms with Crippen molar-refractivity contribution in [3.05, 3.63) is 64.0 Å². The summed E-state index contributed by atoms with van der Waals surface area (Å²) >= 11 is 0. The summed E-state index contributed by atoms with van der Waals surface area (Å²) in [6.07, 6.45) is 0.464. The number of rotatable bonds is 1. The van der Waals surface area contributed by atoms with E-state index < -0.39 is 0 Å². The molecule has 0 aliphatic carbocycles. The summed E-state index contributed by atoms with van der Waals surface area (Å²) in [5, 5.41) is 16.9. The fourth-order valence-electron chi connectivity index (χ4n) is 3.27. The van der Waals surface area contributed by atoms with Crippen LogP contribution in [0.2, 0.25) is 0 Å². The fourth-order valence-corrected chi connectivity index (χ4v) is 3.27. The Labute approximate surface area is 121 Å². The van der Waals surface area contributed by atoms with E-state index in [4.69, 9.17) is 0 Å². The standard InChI is InChI=1S/C19H14O2/c1-2-16(20)19-15-9-12-7-3-5-11-6-4-8-13(18(11)12)14(15)10-17(19)21/h3-10,20H,2H2,1H3/b19-16-. The Morgan fingerprint density at radius 3 is 2.43 bits per heavy atom. The van der Waals surface area contributed by atoms with Gasteiger partial charge in [-0.05, 0) is 44.5 Å². The summed E-state index contributed by atoms with van der Waals surface area (Å²) in [5.74, 6) is 0.170. The van der Waals surface area contributed by atoms with E-state index >= 15 is 0 Å². The fraction of sp³-hybridized carbons (Fsp3) is 0.105. The van der Waals surface area contributed by atoms with Gasteiger partial charge in [-0.1, -0.05) is 43.3 Å². The molecule has 21 heavy (non-hydrogen) atoms. The lowest BCUT2D eigenvalue weighted by Crippen LogP contribution is -2.21. The molecule has 0 heterocycles. The lowest BCUT2D eigenvalue weighted by atomic mass is 9.97. The molecule has 0 radical (unpaired) electrons. The average Bonchev–Trinajstić information content (AvgIpc) is 2.83. The molecule has 1 N–H and O–H groups in total. The second-order valence-electron chi connectivity index (χ2n) is 5.41. The maximum atomic E-state index is 12.3. The molecule has 2 nitrogen and oxygen atoms in total. The highest BCUT2D eigenvalue weighted by Crippen LogP contribution is 2.31. The van der Waals surface area contributed by atoms with Gasteiger partial charge >= 0.3 is 0 Å². The highest BCUT2D eigenvalue weighted by atomic mass is 16.3. The van der Waals surface area contributed by atoms with Crippen LogP contribution in [0.1, 0.15) is 13.3 Å². The summed E-state index contributed by atoms with van der Waals surface area (Å²) in [6.45, 7) is 1.85. The van der Waals surface area contributed by atoms with Crippen molar-refractivity contribution in [3.8, 4) is 0 Å². The molecule has 0 spiro atoms. The summed E-state index contributed by atoms with van der Waals surface area (Å²) in [6, 6.07) is 16.0. The zero-order chi connectivity index (χ0) is 14.6. The van der Waals surface area contributed by atoms with Gasteiger partial charge in [0.15, 0.2) is 5.43 Å². The third kappa shape index (κ3) is 1.56. The van der Waals surface area contributed by atoms with Gasteiger partial charge in [-0.2, -0.15) is 0 Å². The average molecular weight is 274 g/mol. The van der Waals surface area contributed by atoms with Crippen LogP contribution in [-0.2, 0) is 0 Å². The number of fused-ring (bicyclic) bond motifs is 2. The van der Waals surface area contributed by atoms with E-state index in [0.717, 1.165) is 21.5 Å². The quantitative estimate of drug-likeness (QED) is 0.574. The normalized spacial score (nSPS) is 13.4. The first-order valence-corrected chi connectivity index (χ1v) is 7.13. The monoisotopic (exact) mass is 274 g/mol. The predicted molar refractivity (Wildman–Crippen MR) is 88.0 cm³/mol. The van der Waals surface area contributed by atoms with E-state index in [1.54, 1.807) is 6.07 Å². The first-order chi connectivity index (χ1) is 10.2. The molecule has 0 fully saturated rings. The van der Waals surface area contributed by atoms with E-state index in [1.165, 1.54) is 10.8 Å². The van der Waals surface area contributed by atoms with Crippen LogP contribution in [0.15, 0.2) is 53.3 Å². The summed E-state index contributed by atoms with van der Waals surface area (Å²) in [7, 11) is 0. The molecule has 0 saturated heterocycles. The van der Waals surface area contributed by atoms with Crippen LogP contribution in [0.3, 0.4) is 0 Å². The first kappa shape index (κ1) is 12.2. The molecule has 0 saturated carbocycles. The van der Waals surface area contributed by atoms with Crippen LogP contribution in [-0.4, -0.2) is 5.11 Å². The van der Waals surface area contributed by atoms with Crippen LogP contribution in [0.25, 0.3) is 38.1 Å². The van der Waals surface area contributed by atoms with Crippen molar-refractivity contribution in [1.82, 2.24) is 0 Å². The van der Waals surface area contributed by atoms with Crippen molar-refractivity contribution in [3.63, 3.8) is 0 Å². The minimum absolute atomic E-state index is 0.0968. The van der Waals surface area contributed by atoms with Gasteiger partial charge < -0.3 is 5.11 Å². The van der Waals surface area contributed by atoms with Crippen molar-refractivity contribution in [2.24, 2.45) is 0 Å². The maximum Gasteiger partial charge on any atom is 0.190 e. The second kappa shape index (κ2) is 4.19. The smallest absolute Gasteiger partial charge is 0.190 e. The number of benzene rings is 3. The number of hydrogen-bond donors (Lipinski definition) is 1. The van der Waals surface area contributed by atoms with E-state index in [0.29, 0.717) is 11.6 Å². The van der Waals surface area contributed by atoms with E-state index in [2.05, 4.69) is 18.2 Å². The summed E-state index contributed by atoms with van der Waals surface area (Å²) < 4.78 is 0. The van der Waals surface area contributed by atoms with E-state index in [-0.39, 0.29) is 11.2 Å². The van der Waals surface area contributed by atoms with Gasteiger partial charge in [0.2, 0.25) is 0 Å². The Morgan fingerprint density at radius 2 is 1.67 bits per heavy atom. The Bertz CT molecular complexity index is 1090. The number of hydrogen-bond acceptors (Lipinski definition) is 2. The molecule has 2 heteroatoms. The van der Waals surface area contributed by atoms with Crippen LogP contribution in [0, 0.1) is 0 Å². The van der Waals surface area contributed by atoms with Gasteiger partial charge in [-0.25, -0.2) is 0 Å². The maximum absolute atomic E-state index is 12.3. The molecule has 102 valence electrons. The van der Waals surface area contributed by atoms with Crippen LogP contribution >= 0.6 is 0 Å². The molecule has 0 aromatic heterocycles. The van der Waals surface area contributed by atoms with Crippen molar-refractivity contribution in [2.75, 3.05) is 0 Å². The Balaban J connectivity index is 2.40. The third-order valence-electron chi connectivity index (χ3n) is 4.23. The van der Waals surface area contributed by atoms with Crippen LogP contribution < -0.4 is 10.6 Å².